The van der Waals surface area contributed by atoms with Gasteiger partial charge in [-0.3, -0.25) is 9.69 Å². The molecule has 1 aromatic heterocycles. The second kappa shape index (κ2) is 11.5. The van der Waals surface area contributed by atoms with Crippen LogP contribution >= 0.6 is 11.3 Å². The van der Waals surface area contributed by atoms with Crippen LogP contribution < -0.4 is 0 Å². The van der Waals surface area contributed by atoms with Crippen LogP contribution in [0.25, 0.3) is 0 Å². The molecule has 0 atom stereocenters. The lowest BCUT2D eigenvalue weighted by Crippen LogP contribution is -2.46. The molecule has 0 radical (unpaired) electrons. The summed E-state index contributed by atoms with van der Waals surface area (Å²) in [4.78, 5) is 19.2. The van der Waals surface area contributed by atoms with E-state index in [1.165, 1.54) is 35.3 Å². The molecule has 2 heterocycles. The smallest absolute Gasteiger partial charge is 0.223 e. The number of rotatable bonds is 10. The van der Waals surface area contributed by atoms with Crippen LogP contribution in [0.15, 0.2) is 41.8 Å². The van der Waals surface area contributed by atoms with Crippen molar-refractivity contribution in [2.45, 2.75) is 77.9 Å². The van der Waals surface area contributed by atoms with E-state index in [2.05, 4.69) is 65.4 Å². The number of aryl methyl sites for hydroxylation is 1. The molecule has 0 unspecified atom stereocenters. The first-order valence-corrected chi connectivity index (χ1v) is 12.1. The number of thiophene rings is 1. The van der Waals surface area contributed by atoms with Crippen molar-refractivity contribution in [3.63, 3.8) is 0 Å². The molecule has 29 heavy (non-hydrogen) atoms. The number of likely N-dealkylation sites (tertiary alicyclic amines) is 1. The SMILES string of the molecule is CCCCCCC(=O)N(Cc1sccc1C)C1CCN(Cc2ccccc2)CC1. The monoisotopic (exact) mass is 412 g/mol. The third-order valence-electron chi connectivity index (χ3n) is 6.09. The third-order valence-corrected chi connectivity index (χ3v) is 7.10. The van der Waals surface area contributed by atoms with Gasteiger partial charge >= 0.3 is 0 Å². The van der Waals surface area contributed by atoms with Crippen LogP contribution in [-0.4, -0.2) is 34.8 Å². The number of hydrogen-bond donors (Lipinski definition) is 0. The van der Waals surface area contributed by atoms with Crippen molar-refractivity contribution in [1.82, 2.24) is 9.80 Å². The molecule has 0 bridgehead atoms. The second-order valence-electron chi connectivity index (χ2n) is 8.35. The molecule has 1 saturated heterocycles. The summed E-state index contributed by atoms with van der Waals surface area (Å²) in [5.41, 5.74) is 2.70. The van der Waals surface area contributed by atoms with Gasteiger partial charge in [-0.05, 0) is 48.8 Å². The van der Waals surface area contributed by atoms with Gasteiger partial charge in [-0.2, -0.15) is 0 Å². The van der Waals surface area contributed by atoms with Crippen molar-refractivity contribution in [3.05, 3.63) is 57.8 Å². The Kier molecular flexibility index (Phi) is 8.75. The highest BCUT2D eigenvalue weighted by molar-refractivity contribution is 7.10. The van der Waals surface area contributed by atoms with E-state index < -0.39 is 0 Å². The summed E-state index contributed by atoms with van der Waals surface area (Å²) in [6.45, 7) is 8.34. The van der Waals surface area contributed by atoms with E-state index in [9.17, 15) is 4.79 Å². The Bertz CT molecular complexity index is 734. The zero-order valence-corrected chi connectivity index (χ0v) is 18.9. The minimum Gasteiger partial charge on any atom is -0.334 e. The van der Waals surface area contributed by atoms with Crippen molar-refractivity contribution in [1.29, 1.82) is 0 Å². The average Bonchev–Trinajstić information content (AvgIpc) is 3.15. The highest BCUT2D eigenvalue weighted by Crippen LogP contribution is 2.25. The molecule has 0 spiro atoms. The quantitative estimate of drug-likeness (QED) is 0.445. The number of piperidine rings is 1. The normalized spacial score (nSPS) is 15.5. The number of hydrogen-bond acceptors (Lipinski definition) is 3. The molecule has 1 aliphatic heterocycles. The van der Waals surface area contributed by atoms with E-state index >= 15 is 0 Å². The van der Waals surface area contributed by atoms with Gasteiger partial charge in [0.05, 0.1) is 6.54 Å². The number of carbonyl (C=O) groups excluding carboxylic acids is 1. The molecular formula is C25H36N2OS. The van der Waals surface area contributed by atoms with Crippen molar-refractivity contribution < 1.29 is 4.79 Å². The molecule has 4 heteroatoms. The first-order chi connectivity index (χ1) is 14.2. The largest absolute Gasteiger partial charge is 0.334 e. The highest BCUT2D eigenvalue weighted by Gasteiger charge is 2.28. The van der Waals surface area contributed by atoms with Crippen LogP contribution in [0.1, 0.15) is 67.9 Å². The Hall–Kier alpha value is -1.65. The van der Waals surface area contributed by atoms with Crippen molar-refractivity contribution in [2.24, 2.45) is 0 Å². The first kappa shape index (κ1) is 22.0. The lowest BCUT2D eigenvalue weighted by molar-refractivity contribution is -0.135. The number of unbranched alkanes of at least 4 members (excludes halogenated alkanes) is 3. The van der Waals surface area contributed by atoms with E-state index in [1.54, 1.807) is 11.3 Å². The standard InChI is InChI=1S/C25H36N2OS/c1-3-4-5-9-12-25(28)27(20-24-21(2)15-18-29-24)23-13-16-26(17-14-23)19-22-10-7-6-8-11-22/h6-8,10-11,15,18,23H,3-5,9,12-14,16-17,19-20H2,1-2H3. The summed E-state index contributed by atoms with van der Waals surface area (Å²) in [6.07, 6.45) is 7.51. The molecule has 3 nitrogen and oxygen atoms in total. The van der Waals surface area contributed by atoms with Gasteiger partial charge in [0.25, 0.3) is 0 Å². The fraction of sp³-hybridized carbons (Fsp3) is 0.560. The van der Waals surface area contributed by atoms with Gasteiger partial charge in [0.2, 0.25) is 5.91 Å². The summed E-state index contributed by atoms with van der Waals surface area (Å²) in [5.74, 6) is 0.357. The van der Waals surface area contributed by atoms with Gasteiger partial charge in [0.15, 0.2) is 0 Å². The summed E-state index contributed by atoms with van der Waals surface area (Å²) in [5, 5.41) is 2.15. The fourth-order valence-corrected chi connectivity index (χ4v) is 5.12. The minimum atomic E-state index is 0.357. The molecule has 1 aromatic carbocycles. The van der Waals surface area contributed by atoms with E-state index in [1.807, 2.05) is 0 Å². The Morgan fingerprint density at radius 3 is 2.52 bits per heavy atom. The molecule has 1 fully saturated rings. The van der Waals surface area contributed by atoms with Gasteiger partial charge in [-0.1, -0.05) is 56.5 Å². The summed E-state index contributed by atoms with van der Waals surface area (Å²) in [6, 6.07) is 13.3. The van der Waals surface area contributed by atoms with Crippen LogP contribution in [0.5, 0.6) is 0 Å². The van der Waals surface area contributed by atoms with E-state index in [0.717, 1.165) is 45.4 Å². The van der Waals surface area contributed by atoms with Gasteiger partial charge in [0.1, 0.15) is 0 Å². The first-order valence-electron chi connectivity index (χ1n) is 11.3. The van der Waals surface area contributed by atoms with Crippen LogP contribution in [0.3, 0.4) is 0 Å². The molecule has 0 saturated carbocycles. The molecule has 0 N–H and O–H groups in total. The number of benzene rings is 1. The predicted octanol–water partition coefficient (Wildman–Crippen LogP) is 6.02. The van der Waals surface area contributed by atoms with E-state index in [0.29, 0.717) is 18.4 Å². The maximum atomic E-state index is 13.1. The zero-order chi connectivity index (χ0) is 20.5. The van der Waals surface area contributed by atoms with Crippen molar-refractivity contribution in [2.75, 3.05) is 13.1 Å². The Labute approximate surface area is 180 Å². The van der Waals surface area contributed by atoms with Gasteiger partial charge in [-0.15, -0.1) is 11.3 Å². The number of carbonyl (C=O) groups is 1. The second-order valence-corrected chi connectivity index (χ2v) is 9.35. The minimum absolute atomic E-state index is 0.357. The van der Waals surface area contributed by atoms with Crippen molar-refractivity contribution >= 4 is 17.2 Å². The Morgan fingerprint density at radius 1 is 1.10 bits per heavy atom. The lowest BCUT2D eigenvalue weighted by atomic mass is 10.0. The third kappa shape index (κ3) is 6.68. The van der Waals surface area contributed by atoms with Gasteiger partial charge in [0, 0.05) is 37.0 Å². The highest BCUT2D eigenvalue weighted by atomic mass is 32.1. The number of amides is 1. The predicted molar refractivity (Wildman–Crippen MR) is 123 cm³/mol. The van der Waals surface area contributed by atoms with Crippen LogP contribution in [0.4, 0.5) is 0 Å². The summed E-state index contributed by atoms with van der Waals surface area (Å²) >= 11 is 1.79. The van der Waals surface area contributed by atoms with E-state index in [-0.39, 0.29) is 0 Å². The van der Waals surface area contributed by atoms with Crippen LogP contribution in [-0.2, 0) is 17.9 Å². The Morgan fingerprint density at radius 2 is 1.86 bits per heavy atom. The molecule has 1 aliphatic rings. The average molecular weight is 413 g/mol. The maximum Gasteiger partial charge on any atom is 0.223 e. The topological polar surface area (TPSA) is 23.6 Å². The molecule has 1 amide bonds. The summed E-state index contributed by atoms with van der Waals surface area (Å²) < 4.78 is 0. The number of nitrogens with zero attached hydrogens (tertiary/aromatic N) is 2. The summed E-state index contributed by atoms with van der Waals surface area (Å²) in [7, 11) is 0. The van der Waals surface area contributed by atoms with E-state index in [4.69, 9.17) is 0 Å². The molecule has 2 aromatic rings. The molecule has 3 rings (SSSR count). The van der Waals surface area contributed by atoms with Crippen molar-refractivity contribution in [3.8, 4) is 0 Å². The zero-order valence-electron chi connectivity index (χ0n) is 18.1. The lowest BCUT2D eigenvalue weighted by Gasteiger charge is -2.38. The molecule has 158 valence electrons. The van der Waals surface area contributed by atoms with Crippen LogP contribution in [0.2, 0.25) is 0 Å². The molecule has 0 aliphatic carbocycles. The fourth-order valence-electron chi connectivity index (χ4n) is 4.22. The molecular weight excluding hydrogens is 376 g/mol. The van der Waals surface area contributed by atoms with Gasteiger partial charge < -0.3 is 4.90 Å². The van der Waals surface area contributed by atoms with Crippen LogP contribution in [0, 0.1) is 6.92 Å². The Balaban J connectivity index is 1.58. The van der Waals surface area contributed by atoms with Gasteiger partial charge in [-0.25, -0.2) is 0 Å². The maximum absolute atomic E-state index is 13.1.